The predicted octanol–water partition coefficient (Wildman–Crippen LogP) is 3.13. The zero-order chi connectivity index (χ0) is 19.8. The van der Waals surface area contributed by atoms with Crippen LogP contribution in [0.1, 0.15) is 33.9 Å². The summed E-state index contributed by atoms with van der Waals surface area (Å²) in [5.41, 5.74) is 4.01. The van der Waals surface area contributed by atoms with Crippen LogP contribution in [-0.4, -0.2) is 44.2 Å². The molecular weight excluding hydrogens is 384 g/mol. The van der Waals surface area contributed by atoms with Crippen LogP contribution in [0.2, 0.25) is 0 Å². The van der Waals surface area contributed by atoms with Gasteiger partial charge in [0.25, 0.3) is 5.91 Å². The predicted molar refractivity (Wildman–Crippen MR) is 116 cm³/mol. The number of hydrogen-bond donors (Lipinski definition) is 2. The first-order valence-electron chi connectivity index (χ1n) is 10.1. The summed E-state index contributed by atoms with van der Waals surface area (Å²) in [4.78, 5) is 20.0. The van der Waals surface area contributed by atoms with Crippen molar-refractivity contribution in [3.8, 4) is 5.75 Å². The van der Waals surface area contributed by atoms with Crippen molar-refractivity contribution in [1.82, 2.24) is 15.6 Å². The summed E-state index contributed by atoms with van der Waals surface area (Å²) in [6.07, 6.45) is 1.82. The van der Waals surface area contributed by atoms with Crippen LogP contribution < -0.4 is 20.3 Å². The van der Waals surface area contributed by atoms with Crippen molar-refractivity contribution in [3.05, 3.63) is 53.1 Å². The minimum atomic E-state index is -0.0373. The zero-order valence-corrected chi connectivity index (χ0v) is 17.2. The van der Waals surface area contributed by atoms with Gasteiger partial charge in [0.05, 0.1) is 23.4 Å². The Balaban J connectivity index is 1.35. The van der Waals surface area contributed by atoms with Gasteiger partial charge in [-0.15, -0.1) is 0 Å². The van der Waals surface area contributed by atoms with Crippen molar-refractivity contribution in [2.45, 2.75) is 18.9 Å². The fourth-order valence-corrected chi connectivity index (χ4v) is 5.31. The number of rotatable bonds is 4. The molecule has 3 aromatic rings. The lowest BCUT2D eigenvalue weighted by molar-refractivity contribution is 0.0937. The van der Waals surface area contributed by atoms with Crippen molar-refractivity contribution < 1.29 is 9.53 Å². The third kappa shape index (κ3) is 3.45. The summed E-state index contributed by atoms with van der Waals surface area (Å²) in [7, 11) is 1.69. The van der Waals surface area contributed by atoms with Gasteiger partial charge in [0.2, 0.25) is 0 Å². The molecule has 1 unspecified atom stereocenters. The van der Waals surface area contributed by atoms with Crippen LogP contribution in [-0.2, 0) is 6.42 Å². The monoisotopic (exact) mass is 408 g/mol. The minimum Gasteiger partial charge on any atom is -0.496 e. The molecule has 29 heavy (non-hydrogen) atoms. The van der Waals surface area contributed by atoms with E-state index in [4.69, 9.17) is 9.72 Å². The second kappa shape index (κ2) is 7.65. The first kappa shape index (κ1) is 18.4. The molecule has 5 rings (SSSR count). The molecule has 150 valence electrons. The quantitative estimate of drug-likeness (QED) is 0.694. The Morgan fingerprint density at radius 2 is 2.14 bits per heavy atom. The van der Waals surface area contributed by atoms with Crippen molar-refractivity contribution in [1.29, 1.82) is 0 Å². The Bertz CT molecular complexity index is 1060. The van der Waals surface area contributed by atoms with Crippen LogP contribution in [0.4, 0.5) is 5.13 Å². The molecule has 6 nitrogen and oxygen atoms in total. The maximum absolute atomic E-state index is 12.9. The Hall–Kier alpha value is -2.64. The van der Waals surface area contributed by atoms with E-state index >= 15 is 0 Å². The third-order valence-corrected chi connectivity index (χ3v) is 6.86. The van der Waals surface area contributed by atoms with E-state index in [0.717, 1.165) is 65.7 Å². The number of carbonyl (C=O) groups excluding carboxylic acids is 1. The Morgan fingerprint density at radius 3 is 2.97 bits per heavy atom. The molecule has 1 aromatic heterocycles. The van der Waals surface area contributed by atoms with Crippen molar-refractivity contribution in [2.24, 2.45) is 0 Å². The number of piperazine rings is 1. The smallest absolute Gasteiger partial charge is 0.251 e. The Labute approximate surface area is 173 Å². The molecular formula is C22H24N4O2S. The summed E-state index contributed by atoms with van der Waals surface area (Å²) >= 11 is 1.66. The van der Waals surface area contributed by atoms with E-state index in [9.17, 15) is 4.79 Å². The normalized spacial score (nSPS) is 18.7. The van der Waals surface area contributed by atoms with Crippen molar-refractivity contribution >= 4 is 32.6 Å². The first-order valence-corrected chi connectivity index (χ1v) is 10.9. The van der Waals surface area contributed by atoms with Crippen LogP contribution in [0.3, 0.4) is 0 Å². The minimum absolute atomic E-state index is 0.0289. The number of thiazole rings is 1. The summed E-state index contributed by atoms with van der Waals surface area (Å²) in [5.74, 6) is 0.871. The number of benzene rings is 2. The Kier molecular flexibility index (Phi) is 4.85. The SMILES string of the molecule is COc1cccc2c1CCC2NC(=O)c1ccc2nc(N3CCNCC3)sc2c1. The van der Waals surface area contributed by atoms with Crippen molar-refractivity contribution in [2.75, 3.05) is 38.2 Å². The molecule has 2 N–H and O–H groups in total. The van der Waals surface area contributed by atoms with Crippen LogP contribution in [0.15, 0.2) is 36.4 Å². The molecule has 1 atom stereocenters. The van der Waals surface area contributed by atoms with Gasteiger partial charge in [-0.25, -0.2) is 4.98 Å². The standard InChI is InChI=1S/C22H24N4O2S/c1-28-19-4-2-3-15-16(19)6-8-17(15)24-21(27)14-5-7-18-20(13-14)29-22(25-18)26-11-9-23-10-12-26/h2-5,7,13,17,23H,6,8-12H2,1H3,(H,24,27). The van der Waals surface area contributed by atoms with Gasteiger partial charge in [0.15, 0.2) is 5.13 Å². The molecule has 7 heteroatoms. The number of aromatic nitrogens is 1. The molecule has 2 aliphatic rings. The van der Waals surface area contributed by atoms with Crippen LogP contribution in [0.5, 0.6) is 5.75 Å². The van der Waals surface area contributed by atoms with E-state index in [1.165, 1.54) is 5.56 Å². The Morgan fingerprint density at radius 1 is 1.28 bits per heavy atom. The van der Waals surface area contributed by atoms with E-state index in [2.05, 4.69) is 21.6 Å². The molecule has 1 amide bonds. The number of fused-ring (bicyclic) bond motifs is 2. The van der Waals surface area contributed by atoms with E-state index < -0.39 is 0 Å². The number of ether oxygens (including phenoxy) is 1. The van der Waals surface area contributed by atoms with E-state index in [-0.39, 0.29) is 11.9 Å². The highest BCUT2D eigenvalue weighted by atomic mass is 32.1. The highest BCUT2D eigenvalue weighted by Gasteiger charge is 2.27. The summed E-state index contributed by atoms with van der Waals surface area (Å²) in [5, 5.41) is 7.61. The maximum atomic E-state index is 12.9. The van der Waals surface area contributed by atoms with Crippen LogP contribution in [0, 0.1) is 0 Å². The van der Waals surface area contributed by atoms with Gasteiger partial charge in [-0.05, 0) is 48.2 Å². The fraction of sp³-hybridized carbons (Fsp3) is 0.364. The lowest BCUT2D eigenvalue weighted by Gasteiger charge is -2.26. The van der Waals surface area contributed by atoms with Gasteiger partial charge in [-0.2, -0.15) is 0 Å². The number of nitrogens with one attached hydrogen (secondary N) is 2. The summed E-state index contributed by atoms with van der Waals surface area (Å²) < 4.78 is 6.52. The highest BCUT2D eigenvalue weighted by molar-refractivity contribution is 7.22. The fourth-order valence-electron chi connectivity index (χ4n) is 4.25. The lowest BCUT2D eigenvalue weighted by atomic mass is 10.1. The van der Waals surface area contributed by atoms with Gasteiger partial charge >= 0.3 is 0 Å². The number of hydrogen-bond acceptors (Lipinski definition) is 6. The molecule has 0 radical (unpaired) electrons. The topological polar surface area (TPSA) is 66.5 Å². The van der Waals surface area contributed by atoms with Crippen LogP contribution in [0.25, 0.3) is 10.2 Å². The van der Waals surface area contributed by atoms with Gasteiger partial charge in [-0.3, -0.25) is 4.79 Å². The van der Waals surface area contributed by atoms with Gasteiger partial charge in [0, 0.05) is 31.7 Å². The molecule has 1 aliphatic carbocycles. The second-order valence-electron chi connectivity index (χ2n) is 7.51. The average molecular weight is 409 g/mol. The van der Waals surface area contributed by atoms with Gasteiger partial charge < -0.3 is 20.3 Å². The molecule has 0 bridgehead atoms. The highest BCUT2D eigenvalue weighted by Crippen LogP contribution is 2.37. The first-order chi connectivity index (χ1) is 14.2. The number of anilines is 1. The third-order valence-electron chi connectivity index (χ3n) is 5.78. The zero-order valence-electron chi connectivity index (χ0n) is 16.4. The molecule has 2 heterocycles. The largest absolute Gasteiger partial charge is 0.496 e. The van der Waals surface area contributed by atoms with E-state index in [1.54, 1.807) is 18.4 Å². The molecule has 0 spiro atoms. The van der Waals surface area contributed by atoms with Gasteiger partial charge in [-0.1, -0.05) is 23.5 Å². The number of amides is 1. The molecule has 1 saturated heterocycles. The number of methoxy groups -OCH3 is 1. The van der Waals surface area contributed by atoms with E-state index in [0.29, 0.717) is 5.56 Å². The van der Waals surface area contributed by atoms with Crippen molar-refractivity contribution in [3.63, 3.8) is 0 Å². The summed E-state index contributed by atoms with van der Waals surface area (Å²) in [6, 6.07) is 11.9. The van der Waals surface area contributed by atoms with E-state index in [1.807, 2.05) is 30.3 Å². The second-order valence-corrected chi connectivity index (χ2v) is 8.52. The lowest BCUT2D eigenvalue weighted by Crippen LogP contribution is -2.43. The van der Waals surface area contributed by atoms with Crippen LogP contribution >= 0.6 is 11.3 Å². The molecule has 1 aliphatic heterocycles. The average Bonchev–Trinajstić information content (AvgIpc) is 3.38. The molecule has 2 aromatic carbocycles. The number of nitrogens with zero attached hydrogens (tertiary/aromatic N) is 2. The molecule has 1 fully saturated rings. The van der Waals surface area contributed by atoms with Gasteiger partial charge in [0.1, 0.15) is 5.75 Å². The number of carbonyl (C=O) groups is 1. The molecule has 0 saturated carbocycles. The summed E-state index contributed by atoms with van der Waals surface area (Å²) in [6.45, 7) is 3.91. The maximum Gasteiger partial charge on any atom is 0.251 e.